The minimum atomic E-state index is -1.12. The van der Waals surface area contributed by atoms with Crippen LogP contribution in [0.2, 0.25) is 0 Å². The Labute approximate surface area is 104 Å². The first kappa shape index (κ1) is 12.4. The van der Waals surface area contributed by atoms with Crippen LogP contribution in [-0.2, 0) is 20.9 Å². The van der Waals surface area contributed by atoms with E-state index >= 15 is 0 Å². The van der Waals surface area contributed by atoms with E-state index in [-0.39, 0.29) is 19.8 Å². The SMILES string of the molecule is NC(=O)C1(NC(=O)OCc2ccccc2)COC1. The van der Waals surface area contributed by atoms with E-state index in [1.165, 1.54) is 0 Å². The monoisotopic (exact) mass is 250 g/mol. The third-order valence-electron chi connectivity index (χ3n) is 2.72. The zero-order valence-corrected chi connectivity index (χ0v) is 9.72. The molecule has 96 valence electrons. The molecule has 1 heterocycles. The van der Waals surface area contributed by atoms with E-state index in [1.807, 2.05) is 30.3 Å². The van der Waals surface area contributed by atoms with E-state index < -0.39 is 17.5 Å². The normalized spacial score (nSPS) is 16.4. The maximum Gasteiger partial charge on any atom is 0.408 e. The molecule has 1 saturated heterocycles. The van der Waals surface area contributed by atoms with Crippen molar-refractivity contribution < 1.29 is 19.1 Å². The molecule has 6 heteroatoms. The molecule has 1 fully saturated rings. The molecular weight excluding hydrogens is 236 g/mol. The molecule has 0 atom stereocenters. The molecule has 0 unspecified atom stereocenters. The molecule has 0 bridgehead atoms. The average Bonchev–Trinajstić information content (AvgIpc) is 2.32. The number of alkyl carbamates (subject to hydrolysis) is 1. The van der Waals surface area contributed by atoms with Gasteiger partial charge in [0.2, 0.25) is 5.91 Å². The van der Waals surface area contributed by atoms with Gasteiger partial charge < -0.3 is 20.5 Å². The highest BCUT2D eigenvalue weighted by Gasteiger charge is 2.46. The lowest BCUT2D eigenvalue weighted by atomic mass is 9.97. The van der Waals surface area contributed by atoms with Gasteiger partial charge in [0.1, 0.15) is 6.61 Å². The molecule has 6 nitrogen and oxygen atoms in total. The van der Waals surface area contributed by atoms with E-state index in [4.69, 9.17) is 15.2 Å². The summed E-state index contributed by atoms with van der Waals surface area (Å²) in [6.07, 6.45) is -0.680. The molecule has 2 amide bonds. The van der Waals surface area contributed by atoms with Gasteiger partial charge in [-0.25, -0.2) is 4.79 Å². The van der Waals surface area contributed by atoms with Gasteiger partial charge in [-0.3, -0.25) is 4.79 Å². The molecule has 0 saturated carbocycles. The average molecular weight is 250 g/mol. The summed E-state index contributed by atoms with van der Waals surface area (Å²) < 4.78 is 9.89. The number of nitrogens with two attached hydrogens (primary N) is 1. The van der Waals surface area contributed by atoms with Crippen molar-refractivity contribution in [3.63, 3.8) is 0 Å². The van der Waals surface area contributed by atoms with Crippen LogP contribution in [0.1, 0.15) is 5.56 Å². The molecule has 1 aliphatic heterocycles. The number of hydrogen-bond donors (Lipinski definition) is 2. The molecule has 0 aromatic heterocycles. The van der Waals surface area contributed by atoms with Crippen LogP contribution in [0, 0.1) is 0 Å². The minimum absolute atomic E-state index is 0.0861. The number of benzene rings is 1. The van der Waals surface area contributed by atoms with E-state index in [1.54, 1.807) is 0 Å². The second-order valence-corrected chi connectivity index (χ2v) is 4.13. The molecule has 3 N–H and O–H groups in total. The molecule has 1 aromatic carbocycles. The fourth-order valence-electron chi connectivity index (χ4n) is 1.54. The zero-order chi connectivity index (χ0) is 13.0. The summed E-state index contributed by atoms with van der Waals surface area (Å²) in [5, 5.41) is 2.44. The highest BCUT2D eigenvalue weighted by atomic mass is 16.6. The summed E-state index contributed by atoms with van der Waals surface area (Å²) in [7, 11) is 0. The van der Waals surface area contributed by atoms with Gasteiger partial charge in [-0.2, -0.15) is 0 Å². The highest BCUT2D eigenvalue weighted by molar-refractivity contribution is 5.89. The van der Waals surface area contributed by atoms with Gasteiger partial charge in [-0.1, -0.05) is 30.3 Å². The highest BCUT2D eigenvalue weighted by Crippen LogP contribution is 2.16. The molecular formula is C12H14N2O4. The van der Waals surface area contributed by atoms with Gasteiger partial charge in [0.15, 0.2) is 5.54 Å². The number of carbonyl (C=O) groups excluding carboxylic acids is 2. The van der Waals surface area contributed by atoms with Crippen LogP contribution >= 0.6 is 0 Å². The van der Waals surface area contributed by atoms with E-state index in [0.29, 0.717) is 0 Å². The van der Waals surface area contributed by atoms with Crippen molar-refractivity contribution in [2.24, 2.45) is 5.73 Å². The van der Waals surface area contributed by atoms with Crippen LogP contribution in [0.15, 0.2) is 30.3 Å². The largest absolute Gasteiger partial charge is 0.445 e. The van der Waals surface area contributed by atoms with Crippen LogP contribution in [0.3, 0.4) is 0 Å². The quantitative estimate of drug-likeness (QED) is 0.796. The van der Waals surface area contributed by atoms with Crippen molar-refractivity contribution in [1.82, 2.24) is 5.32 Å². The predicted octanol–water partition coefficient (Wildman–Crippen LogP) is 0.167. The second kappa shape index (κ2) is 5.05. The predicted molar refractivity (Wildman–Crippen MR) is 62.5 cm³/mol. The number of hydrogen-bond acceptors (Lipinski definition) is 4. The molecule has 1 aromatic rings. The van der Waals surface area contributed by atoms with E-state index in [2.05, 4.69) is 5.32 Å². The summed E-state index contributed by atoms with van der Waals surface area (Å²) in [6, 6.07) is 9.24. The maximum absolute atomic E-state index is 11.5. The van der Waals surface area contributed by atoms with Crippen molar-refractivity contribution >= 4 is 12.0 Å². The Morgan fingerprint density at radius 2 is 2.00 bits per heavy atom. The molecule has 1 aliphatic rings. The minimum Gasteiger partial charge on any atom is -0.445 e. The Kier molecular flexibility index (Phi) is 3.47. The second-order valence-electron chi connectivity index (χ2n) is 4.13. The Hall–Kier alpha value is -2.08. The van der Waals surface area contributed by atoms with Gasteiger partial charge in [-0.15, -0.1) is 0 Å². The first-order valence-corrected chi connectivity index (χ1v) is 5.49. The van der Waals surface area contributed by atoms with Crippen molar-refractivity contribution in [3.8, 4) is 0 Å². The Morgan fingerprint density at radius 1 is 1.33 bits per heavy atom. The number of amides is 2. The molecule has 18 heavy (non-hydrogen) atoms. The zero-order valence-electron chi connectivity index (χ0n) is 9.72. The number of primary amides is 1. The first-order chi connectivity index (χ1) is 8.62. The van der Waals surface area contributed by atoms with Crippen LogP contribution in [-0.4, -0.2) is 30.8 Å². The lowest BCUT2D eigenvalue weighted by Gasteiger charge is -2.38. The summed E-state index contributed by atoms with van der Waals surface area (Å²) in [4.78, 5) is 22.7. The topological polar surface area (TPSA) is 90.7 Å². The van der Waals surface area contributed by atoms with Gasteiger partial charge >= 0.3 is 6.09 Å². The molecule has 2 rings (SSSR count). The van der Waals surface area contributed by atoms with Crippen LogP contribution in [0.4, 0.5) is 4.79 Å². The third kappa shape index (κ3) is 2.60. The van der Waals surface area contributed by atoms with Gasteiger partial charge in [0.05, 0.1) is 13.2 Å². The molecule has 0 spiro atoms. The lowest BCUT2D eigenvalue weighted by molar-refractivity contribution is -0.143. The Bertz CT molecular complexity index is 443. The number of carbonyl (C=O) groups is 2. The Balaban J connectivity index is 1.84. The molecule has 0 radical (unpaired) electrons. The lowest BCUT2D eigenvalue weighted by Crippen LogP contribution is -2.69. The van der Waals surface area contributed by atoms with E-state index in [9.17, 15) is 9.59 Å². The number of rotatable bonds is 4. The number of ether oxygens (including phenoxy) is 2. The standard InChI is InChI=1S/C12H14N2O4/c13-10(15)12(7-17-8-12)14-11(16)18-6-9-4-2-1-3-5-9/h1-5H,6-8H2,(H2,13,15)(H,14,16). The van der Waals surface area contributed by atoms with Gasteiger partial charge in [0.25, 0.3) is 0 Å². The van der Waals surface area contributed by atoms with Gasteiger partial charge in [-0.05, 0) is 5.56 Å². The van der Waals surface area contributed by atoms with Crippen molar-refractivity contribution in [2.45, 2.75) is 12.1 Å². The van der Waals surface area contributed by atoms with E-state index in [0.717, 1.165) is 5.56 Å². The first-order valence-electron chi connectivity index (χ1n) is 5.49. The van der Waals surface area contributed by atoms with Crippen molar-refractivity contribution in [1.29, 1.82) is 0 Å². The summed E-state index contributed by atoms with van der Waals surface area (Å²) >= 11 is 0. The van der Waals surface area contributed by atoms with Gasteiger partial charge in [0, 0.05) is 0 Å². The Morgan fingerprint density at radius 3 is 2.50 bits per heavy atom. The van der Waals surface area contributed by atoms with Crippen molar-refractivity contribution in [3.05, 3.63) is 35.9 Å². The van der Waals surface area contributed by atoms with Crippen LogP contribution in [0.5, 0.6) is 0 Å². The van der Waals surface area contributed by atoms with Crippen molar-refractivity contribution in [2.75, 3.05) is 13.2 Å². The molecule has 0 aliphatic carbocycles. The third-order valence-corrected chi connectivity index (χ3v) is 2.72. The fraction of sp³-hybridized carbons (Fsp3) is 0.333. The van der Waals surface area contributed by atoms with Crippen LogP contribution in [0.25, 0.3) is 0 Å². The summed E-state index contributed by atoms with van der Waals surface area (Å²) in [5.41, 5.74) is 4.95. The maximum atomic E-state index is 11.5. The fourth-order valence-corrected chi connectivity index (χ4v) is 1.54. The smallest absolute Gasteiger partial charge is 0.408 e. The van der Waals surface area contributed by atoms with Crippen LogP contribution < -0.4 is 11.1 Å². The summed E-state index contributed by atoms with van der Waals surface area (Å²) in [6.45, 7) is 0.313. The number of nitrogens with one attached hydrogen (secondary N) is 1. The summed E-state index contributed by atoms with van der Waals surface area (Å²) in [5.74, 6) is -0.620.